The van der Waals surface area contributed by atoms with E-state index in [4.69, 9.17) is 4.74 Å². The number of hydrogen-bond acceptors (Lipinski definition) is 8. The van der Waals surface area contributed by atoms with Crippen molar-refractivity contribution in [3.8, 4) is 0 Å². The first kappa shape index (κ1) is 39.8. The van der Waals surface area contributed by atoms with Crippen molar-refractivity contribution in [2.24, 2.45) is 46.3 Å². The van der Waals surface area contributed by atoms with E-state index in [1.807, 2.05) is 20.8 Å². The van der Waals surface area contributed by atoms with E-state index in [0.717, 1.165) is 44.9 Å². The summed E-state index contributed by atoms with van der Waals surface area (Å²) in [6, 6.07) is -0.693. The van der Waals surface area contributed by atoms with Crippen molar-refractivity contribution in [2.45, 2.75) is 125 Å². The molecule has 4 fully saturated rings. The monoisotopic (exact) mass is 706 g/mol. The van der Waals surface area contributed by atoms with E-state index in [2.05, 4.69) is 13.8 Å². The summed E-state index contributed by atoms with van der Waals surface area (Å²) in [6.07, 6.45) is 7.09. The van der Waals surface area contributed by atoms with Gasteiger partial charge in [0.1, 0.15) is 5.78 Å². The standard InChI is InChI=1S/C38H62N2O8S/c1-8-49(46,47)39(7)22-28(37(2,3)4)21-29(41)19-27-24-48-17-13-11-9-10-12-14-26(35(44)32(43)18-25-15-16-25)20-31(42)34-33-30(38(33,5)6)23-40(34)36(27)45/h25-28,30,33-34H,8-24H2,1-7H3/t26-,27+,28-,30+,33+,34-/m1/s1. The Hall–Kier alpha value is -1.98. The largest absolute Gasteiger partial charge is 0.381 e. The summed E-state index contributed by atoms with van der Waals surface area (Å²) in [6.45, 7) is 12.9. The van der Waals surface area contributed by atoms with Gasteiger partial charge in [-0.15, -0.1) is 0 Å². The topological polar surface area (TPSA) is 135 Å². The molecule has 10 nitrogen and oxygen atoms in total. The molecule has 0 radical (unpaired) electrons. The van der Waals surface area contributed by atoms with Crippen LogP contribution in [-0.2, 0) is 38.7 Å². The van der Waals surface area contributed by atoms with Crippen LogP contribution >= 0.6 is 0 Å². The van der Waals surface area contributed by atoms with Crippen LogP contribution in [0.4, 0.5) is 0 Å². The molecule has 0 bridgehead atoms. The molecule has 2 aliphatic carbocycles. The van der Waals surface area contributed by atoms with Gasteiger partial charge in [-0.25, -0.2) is 12.7 Å². The molecule has 6 atom stereocenters. The second kappa shape index (κ2) is 16.1. The highest BCUT2D eigenvalue weighted by molar-refractivity contribution is 7.89. The summed E-state index contributed by atoms with van der Waals surface area (Å²) in [4.78, 5) is 70.3. The van der Waals surface area contributed by atoms with Crippen LogP contribution in [0.5, 0.6) is 0 Å². The number of fused-ring (bicyclic) bond motifs is 3. The quantitative estimate of drug-likeness (QED) is 0.251. The van der Waals surface area contributed by atoms with Crippen molar-refractivity contribution in [3.63, 3.8) is 0 Å². The Kier molecular flexibility index (Phi) is 13.1. The molecule has 2 saturated heterocycles. The molecule has 0 aromatic rings. The first-order valence-corrected chi connectivity index (χ1v) is 20.4. The SMILES string of the molecule is CCS(=O)(=O)N(C)C[C@@H](CC(=O)C[C@H]1COCCCCCCC[C@@H](C(=O)C(=O)CC2CC2)CC(=O)[C@@H]2[C@@H]3[C@H](CN2C1=O)C3(C)C)C(C)(C)C. The van der Waals surface area contributed by atoms with E-state index in [1.54, 1.807) is 18.9 Å². The summed E-state index contributed by atoms with van der Waals surface area (Å²) < 4.78 is 32.4. The fourth-order valence-corrected chi connectivity index (χ4v) is 9.06. The molecule has 0 spiro atoms. The third-order valence-electron chi connectivity index (χ3n) is 12.1. The lowest BCUT2D eigenvalue weighted by Crippen LogP contribution is -2.49. The number of rotatable bonds is 12. The summed E-state index contributed by atoms with van der Waals surface area (Å²) in [7, 11) is -1.89. The lowest BCUT2D eigenvalue weighted by molar-refractivity contribution is -0.147. The van der Waals surface area contributed by atoms with Crippen molar-refractivity contribution in [3.05, 3.63) is 0 Å². The molecule has 49 heavy (non-hydrogen) atoms. The summed E-state index contributed by atoms with van der Waals surface area (Å²) >= 11 is 0. The molecule has 0 aromatic heterocycles. The van der Waals surface area contributed by atoms with Gasteiger partial charge in [-0.2, -0.15) is 0 Å². The van der Waals surface area contributed by atoms with Crippen molar-refractivity contribution in [2.75, 3.05) is 39.1 Å². The van der Waals surface area contributed by atoms with Gasteiger partial charge < -0.3 is 9.64 Å². The van der Waals surface area contributed by atoms with E-state index < -0.39 is 33.7 Å². The Morgan fingerprint density at radius 1 is 1.00 bits per heavy atom. The van der Waals surface area contributed by atoms with Gasteiger partial charge in [-0.1, -0.05) is 60.3 Å². The van der Waals surface area contributed by atoms with Crippen LogP contribution in [0, 0.1) is 46.3 Å². The van der Waals surface area contributed by atoms with E-state index in [9.17, 15) is 32.4 Å². The molecule has 2 heterocycles. The van der Waals surface area contributed by atoms with Crippen LogP contribution in [-0.4, -0.2) is 91.8 Å². The van der Waals surface area contributed by atoms with Crippen molar-refractivity contribution in [1.82, 2.24) is 9.21 Å². The summed E-state index contributed by atoms with van der Waals surface area (Å²) in [5.74, 6) is -2.65. The minimum Gasteiger partial charge on any atom is -0.381 e. The molecule has 0 aromatic carbocycles. The molecule has 278 valence electrons. The number of hydrogen-bond donors (Lipinski definition) is 0. The molecule has 4 aliphatic rings. The second-order valence-corrected chi connectivity index (χ2v) is 19.6. The van der Waals surface area contributed by atoms with Gasteiger partial charge in [0.05, 0.1) is 24.3 Å². The average Bonchev–Trinajstić information content (AvgIpc) is 3.87. The molecule has 4 rings (SSSR count). The number of nitrogens with zero attached hydrogens (tertiary/aromatic N) is 2. The van der Waals surface area contributed by atoms with Gasteiger partial charge in [0.2, 0.25) is 21.7 Å². The molecule has 11 heteroatoms. The van der Waals surface area contributed by atoms with Gasteiger partial charge >= 0.3 is 0 Å². The maximum Gasteiger partial charge on any atom is 0.229 e. The highest BCUT2D eigenvalue weighted by atomic mass is 32.2. The zero-order chi connectivity index (χ0) is 36.3. The number of amides is 1. The highest BCUT2D eigenvalue weighted by Crippen LogP contribution is 2.65. The number of carbonyl (C=O) groups is 5. The normalized spacial score (nSPS) is 29.3. The van der Waals surface area contributed by atoms with Gasteiger partial charge in [0, 0.05) is 58.3 Å². The van der Waals surface area contributed by atoms with Crippen LogP contribution in [0.2, 0.25) is 0 Å². The molecule has 0 N–H and O–H groups in total. The molecular weight excluding hydrogens is 644 g/mol. The summed E-state index contributed by atoms with van der Waals surface area (Å²) in [5.41, 5.74) is -0.479. The number of Topliss-reactive ketones (excluding diaryl/α,β-unsaturated/α-hetero) is 4. The maximum atomic E-state index is 14.4. The zero-order valence-corrected chi connectivity index (χ0v) is 31.9. The number of carbonyl (C=O) groups excluding carboxylic acids is 5. The van der Waals surface area contributed by atoms with Gasteiger partial charge in [0.15, 0.2) is 11.6 Å². The highest BCUT2D eigenvalue weighted by Gasteiger charge is 2.69. The van der Waals surface area contributed by atoms with Crippen LogP contribution in [0.25, 0.3) is 0 Å². The van der Waals surface area contributed by atoms with E-state index in [0.29, 0.717) is 25.5 Å². The van der Waals surface area contributed by atoms with Crippen LogP contribution in [0.15, 0.2) is 0 Å². The van der Waals surface area contributed by atoms with E-state index in [-0.39, 0.29) is 96.4 Å². The number of piperidine rings is 1. The average molecular weight is 707 g/mol. The maximum absolute atomic E-state index is 14.4. The predicted octanol–water partition coefficient (Wildman–Crippen LogP) is 5.26. The third-order valence-corrected chi connectivity index (χ3v) is 13.9. The smallest absolute Gasteiger partial charge is 0.229 e. The van der Waals surface area contributed by atoms with Crippen LogP contribution in [0.1, 0.15) is 119 Å². The Labute approximate surface area is 294 Å². The van der Waals surface area contributed by atoms with Crippen LogP contribution in [0.3, 0.4) is 0 Å². The number of ketones is 4. The minimum absolute atomic E-state index is 0.0254. The Bertz CT molecular complexity index is 1350. The Morgan fingerprint density at radius 3 is 2.29 bits per heavy atom. The lowest BCUT2D eigenvalue weighted by atomic mass is 9.77. The van der Waals surface area contributed by atoms with Gasteiger partial charge in [0.25, 0.3) is 0 Å². The first-order chi connectivity index (χ1) is 22.9. The van der Waals surface area contributed by atoms with Crippen molar-refractivity contribution < 1.29 is 37.1 Å². The molecule has 2 aliphatic heterocycles. The zero-order valence-electron chi connectivity index (χ0n) is 31.1. The minimum atomic E-state index is -3.43. The Balaban J connectivity index is 1.55. The molecular formula is C38H62N2O8S. The fourth-order valence-electron chi connectivity index (χ4n) is 8.21. The molecule has 2 saturated carbocycles. The molecule has 0 unspecified atom stereocenters. The Morgan fingerprint density at radius 2 is 1.65 bits per heavy atom. The fraction of sp³-hybridized carbons (Fsp3) is 0.868. The van der Waals surface area contributed by atoms with E-state index in [1.165, 1.54) is 4.31 Å². The van der Waals surface area contributed by atoms with Gasteiger partial charge in [-0.3, -0.25) is 24.0 Å². The number of sulfonamides is 1. The number of ether oxygens (including phenoxy) is 1. The van der Waals surface area contributed by atoms with E-state index >= 15 is 0 Å². The van der Waals surface area contributed by atoms with Crippen molar-refractivity contribution >= 4 is 39.1 Å². The van der Waals surface area contributed by atoms with Crippen molar-refractivity contribution in [1.29, 1.82) is 0 Å². The van der Waals surface area contributed by atoms with Crippen LogP contribution < -0.4 is 0 Å². The third kappa shape index (κ3) is 10.1. The predicted molar refractivity (Wildman–Crippen MR) is 188 cm³/mol. The second-order valence-electron chi connectivity index (χ2n) is 17.2. The lowest BCUT2D eigenvalue weighted by Gasteiger charge is -2.35. The first-order valence-electron chi connectivity index (χ1n) is 18.8. The molecule has 1 amide bonds. The summed E-state index contributed by atoms with van der Waals surface area (Å²) in [5, 5.41) is 0. The van der Waals surface area contributed by atoms with Gasteiger partial charge in [-0.05, 0) is 67.1 Å².